The second-order valence-corrected chi connectivity index (χ2v) is 6.39. The first kappa shape index (κ1) is 16.3. The Morgan fingerprint density at radius 2 is 1.54 bits per heavy atom. The Balaban J connectivity index is 1.44. The zero-order valence-corrected chi connectivity index (χ0v) is 14.8. The van der Waals surface area contributed by atoms with Crippen molar-refractivity contribution in [1.29, 1.82) is 0 Å². The van der Waals surface area contributed by atoms with Crippen LogP contribution in [0.5, 0.6) is 0 Å². The Hall–Kier alpha value is -3.15. The molecule has 0 aliphatic carbocycles. The van der Waals surface area contributed by atoms with Gasteiger partial charge in [0.05, 0.1) is 6.20 Å². The van der Waals surface area contributed by atoms with Crippen LogP contribution in [0.4, 0.5) is 23.1 Å². The van der Waals surface area contributed by atoms with Crippen molar-refractivity contribution in [2.75, 3.05) is 41.3 Å². The summed E-state index contributed by atoms with van der Waals surface area (Å²) in [5.41, 5.74) is 3.47. The van der Waals surface area contributed by atoms with Crippen LogP contribution >= 0.6 is 0 Å². The second kappa shape index (κ2) is 7.39. The van der Waals surface area contributed by atoms with Crippen LogP contribution in [-0.2, 0) is 0 Å². The van der Waals surface area contributed by atoms with E-state index in [9.17, 15) is 0 Å². The Kier molecular flexibility index (Phi) is 4.64. The molecule has 2 heterocycles. The standard InChI is InChI=1S/C20H22N6/c1-16-7-5-6-10-18(16)22-19-15-21-24-20(23-19)26-13-11-25(12-14-26)17-8-3-2-4-9-17/h2-10,15H,11-14H2,1H3,(H,22,23,24). The molecule has 0 atom stereocenters. The molecule has 1 aliphatic rings. The normalized spacial score (nSPS) is 14.3. The number of hydrogen-bond donors (Lipinski definition) is 1. The monoisotopic (exact) mass is 346 g/mol. The zero-order valence-electron chi connectivity index (χ0n) is 14.8. The van der Waals surface area contributed by atoms with Crippen LogP contribution in [0.15, 0.2) is 60.8 Å². The van der Waals surface area contributed by atoms with Gasteiger partial charge in [0.25, 0.3) is 0 Å². The number of nitrogens with one attached hydrogen (secondary N) is 1. The Morgan fingerprint density at radius 3 is 2.31 bits per heavy atom. The van der Waals surface area contributed by atoms with E-state index in [-0.39, 0.29) is 0 Å². The van der Waals surface area contributed by atoms with Crippen molar-refractivity contribution in [2.24, 2.45) is 0 Å². The van der Waals surface area contributed by atoms with Crippen LogP contribution in [0.2, 0.25) is 0 Å². The van der Waals surface area contributed by atoms with Gasteiger partial charge in [0.2, 0.25) is 5.95 Å². The molecule has 1 saturated heterocycles. The smallest absolute Gasteiger partial charge is 0.247 e. The van der Waals surface area contributed by atoms with E-state index in [1.165, 1.54) is 11.3 Å². The molecule has 6 nitrogen and oxygen atoms in total. The van der Waals surface area contributed by atoms with E-state index in [0.29, 0.717) is 5.95 Å². The van der Waals surface area contributed by atoms with E-state index < -0.39 is 0 Å². The van der Waals surface area contributed by atoms with E-state index >= 15 is 0 Å². The number of piperazine rings is 1. The maximum Gasteiger partial charge on any atom is 0.247 e. The van der Waals surface area contributed by atoms with Crippen LogP contribution in [-0.4, -0.2) is 41.4 Å². The third-order valence-electron chi connectivity index (χ3n) is 4.64. The lowest BCUT2D eigenvalue weighted by Crippen LogP contribution is -2.47. The molecule has 1 aromatic heterocycles. The first-order valence-electron chi connectivity index (χ1n) is 8.87. The van der Waals surface area contributed by atoms with Gasteiger partial charge in [0.15, 0.2) is 5.82 Å². The minimum atomic E-state index is 0.677. The molecule has 1 fully saturated rings. The molecular weight excluding hydrogens is 324 g/mol. The molecule has 2 aromatic carbocycles. The highest BCUT2D eigenvalue weighted by atomic mass is 15.4. The lowest BCUT2D eigenvalue weighted by atomic mass is 10.2. The van der Waals surface area contributed by atoms with Crippen molar-refractivity contribution >= 4 is 23.1 Å². The molecule has 0 bridgehead atoms. The highest BCUT2D eigenvalue weighted by Crippen LogP contribution is 2.21. The summed E-state index contributed by atoms with van der Waals surface area (Å²) in [5, 5.41) is 11.7. The third-order valence-corrected chi connectivity index (χ3v) is 4.64. The maximum absolute atomic E-state index is 4.65. The lowest BCUT2D eigenvalue weighted by molar-refractivity contribution is 0.635. The minimum absolute atomic E-state index is 0.677. The van der Waals surface area contributed by atoms with Crippen molar-refractivity contribution in [2.45, 2.75) is 6.92 Å². The van der Waals surface area contributed by atoms with Gasteiger partial charge >= 0.3 is 0 Å². The van der Waals surface area contributed by atoms with Crippen LogP contribution in [0, 0.1) is 6.92 Å². The Morgan fingerprint density at radius 1 is 0.846 bits per heavy atom. The van der Waals surface area contributed by atoms with Crippen LogP contribution < -0.4 is 15.1 Å². The number of anilines is 4. The van der Waals surface area contributed by atoms with Gasteiger partial charge in [0.1, 0.15) is 0 Å². The van der Waals surface area contributed by atoms with Crippen molar-refractivity contribution in [3.63, 3.8) is 0 Å². The molecule has 0 spiro atoms. The van der Waals surface area contributed by atoms with Crippen molar-refractivity contribution in [3.05, 3.63) is 66.4 Å². The topological polar surface area (TPSA) is 57.2 Å². The predicted molar refractivity (Wildman–Crippen MR) is 105 cm³/mol. The second-order valence-electron chi connectivity index (χ2n) is 6.39. The third kappa shape index (κ3) is 3.59. The fraction of sp³-hybridized carbons (Fsp3) is 0.250. The molecule has 26 heavy (non-hydrogen) atoms. The molecule has 0 saturated carbocycles. The van der Waals surface area contributed by atoms with Gasteiger partial charge in [-0.25, -0.2) is 0 Å². The summed E-state index contributed by atoms with van der Waals surface area (Å²) in [7, 11) is 0. The Bertz CT molecular complexity index is 859. The van der Waals surface area contributed by atoms with Gasteiger partial charge in [0, 0.05) is 37.6 Å². The number of rotatable bonds is 4. The molecule has 132 valence electrons. The summed E-state index contributed by atoms with van der Waals surface area (Å²) in [4.78, 5) is 9.23. The van der Waals surface area contributed by atoms with Gasteiger partial charge in [-0.3, -0.25) is 0 Å². The summed E-state index contributed by atoms with van der Waals surface area (Å²) in [6.45, 7) is 5.72. The van der Waals surface area contributed by atoms with Gasteiger partial charge in [-0.2, -0.15) is 10.1 Å². The highest BCUT2D eigenvalue weighted by molar-refractivity contribution is 5.60. The molecule has 0 unspecified atom stereocenters. The number of aryl methyl sites for hydroxylation is 1. The van der Waals surface area contributed by atoms with Crippen LogP contribution in [0.25, 0.3) is 0 Å². The van der Waals surface area contributed by atoms with Crippen molar-refractivity contribution in [3.8, 4) is 0 Å². The molecule has 3 aromatic rings. The molecule has 6 heteroatoms. The predicted octanol–water partition coefficient (Wildman–Crippen LogP) is 3.25. The lowest BCUT2D eigenvalue weighted by Gasteiger charge is -2.35. The van der Waals surface area contributed by atoms with E-state index in [1.54, 1.807) is 6.20 Å². The SMILES string of the molecule is Cc1ccccc1Nc1cnnc(N2CCN(c3ccccc3)CC2)n1. The largest absolute Gasteiger partial charge is 0.368 e. The van der Waals surface area contributed by atoms with E-state index in [0.717, 1.165) is 37.7 Å². The molecule has 1 aliphatic heterocycles. The zero-order chi connectivity index (χ0) is 17.8. The number of aromatic nitrogens is 3. The first-order valence-corrected chi connectivity index (χ1v) is 8.87. The number of benzene rings is 2. The molecule has 0 radical (unpaired) electrons. The number of hydrogen-bond acceptors (Lipinski definition) is 6. The number of nitrogens with zero attached hydrogens (tertiary/aromatic N) is 5. The molecule has 0 amide bonds. The summed E-state index contributed by atoms with van der Waals surface area (Å²) >= 11 is 0. The summed E-state index contributed by atoms with van der Waals surface area (Å²) in [5.74, 6) is 1.39. The van der Waals surface area contributed by atoms with Crippen molar-refractivity contribution in [1.82, 2.24) is 15.2 Å². The first-order chi connectivity index (χ1) is 12.8. The van der Waals surface area contributed by atoms with E-state index in [1.807, 2.05) is 24.3 Å². The molecule has 1 N–H and O–H groups in total. The van der Waals surface area contributed by atoms with Gasteiger partial charge in [-0.05, 0) is 30.7 Å². The quantitative estimate of drug-likeness (QED) is 0.783. The summed E-state index contributed by atoms with van der Waals surface area (Å²) < 4.78 is 0. The van der Waals surface area contributed by atoms with Crippen molar-refractivity contribution < 1.29 is 0 Å². The number of para-hydroxylation sites is 2. The Labute approximate surface area is 153 Å². The van der Waals surface area contributed by atoms with Gasteiger partial charge in [-0.15, -0.1) is 5.10 Å². The summed E-state index contributed by atoms with van der Waals surface area (Å²) in [6, 6.07) is 18.7. The van der Waals surface area contributed by atoms with E-state index in [2.05, 4.69) is 67.6 Å². The summed E-state index contributed by atoms with van der Waals surface area (Å²) in [6.07, 6.45) is 1.66. The van der Waals surface area contributed by atoms with Gasteiger partial charge in [-0.1, -0.05) is 36.4 Å². The molecule has 4 rings (SSSR count). The minimum Gasteiger partial charge on any atom is -0.368 e. The van der Waals surface area contributed by atoms with Gasteiger partial charge < -0.3 is 15.1 Å². The average molecular weight is 346 g/mol. The van der Waals surface area contributed by atoms with Crippen LogP contribution in [0.3, 0.4) is 0 Å². The highest BCUT2D eigenvalue weighted by Gasteiger charge is 2.19. The average Bonchev–Trinajstić information content (AvgIpc) is 2.71. The van der Waals surface area contributed by atoms with E-state index in [4.69, 9.17) is 0 Å². The fourth-order valence-corrected chi connectivity index (χ4v) is 3.14. The maximum atomic E-state index is 4.65. The van der Waals surface area contributed by atoms with Crippen LogP contribution in [0.1, 0.15) is 5.56 Å². The fourth-order valence-electron chi connectivity index (χ4n) is 3.14. The molecular formula is C20H22N6.